The van der Waals surface area contributed by atoms with E-state index in [1.807, 2.05) is 0 Å². The SMILES string of the molecule is Oc1ccc2nc(C3CCNCC3)nn2c1. The summed E-state index contributed by atoms with van der Waals surface area (Å²) in [6, 6.07) is 3.42. The molecule has 1 aliphatic heterocycles. The maximum atomic E-state index is 9.35. The van der Waals surface area contributed by atoms with Gasteiger partial charge in [0.1, 0.15) is 5.75 Å². The average molecular weight is 218 g/mol. The average Bonchev–Trinajstić information content (AvgIpc) is 2.73. The van der Waals surface area contributed by atoms with Crippen LogP contribution in [0.1, 0.15) is 24.6 Å². The third-order valence-electron chi connectivity index (χ3n) is 3.04. The van der Waals surface area contributed by atoms with Gasteiger partial charge in [-0.25, -0.2) is 9.50 Å². The molecule has 1 saturated heterocycles. The first-order valence-corrected chi connectivity index (χ1v) is 5.59. The van der Waals surface area contributed by atoms with Gasteiger partial charge in [0.15, 0.2) is 11.5 Å². The largest absolute Gasteiger partial charge is 0.506 e. The highest BCUT2D eigenvalue weighted by Gasteiger charge is 2.19. The zero-order valence-corrected chi connectivity index (χ0v) is 8.93. The maximum absolute atomic E-state index is 9.35. The van der Waals surface area contributed by atoms with E-state index in [2.05, 4.69) is 15.4 Å². The first-order chi connectivity index (χ1) is 7.83. The van der Waals surface area contributed by atoms with Gasteiger partial charge >= 0.3 is 0 Å². The molecule has 0 spiro atoms. The van der Waals surface area contributed by atoms with Crippen molar-refractivity contribution in [3.63, 3.8) is 0 Å². The minimum atomic E-state index is 0.217. The first kappa shape index (κ1) is 9.59. The number of hydrogen-bond donors (Lipinski definition) is 2. The Hall–Kier alpha value is -1.62. The predicted molar refractivity (Wildman–Crippen MR) is 59.5 cm³/mol. The summed E-state index contributed by atoms with van der Waals surface area (Å²) in [7, 11) is 0. The number of fused-ring (bicyclic) bond motifs is 1. The summed E-state index contributed by atoms with van der Waals surface area (Å²) in [4.78, 5) is 4.49. The topological polar surface area (TPSA) is 62.5 Å². The van der Waals surface area contributed by atoms with E-state index in [1.165, 1.54) is 0 Å². The third kappa shape index (κ3) is 1.63. The van der Waals surface area contributed by atoms with Crippen molar-refractivity contribution in [3.8, 4) is 5.75 Å². The molecule has 0 unspecified atom stereocenters. The summed E-state index contributed by atoms with van der Waals surface area (Å²) >= 11 is 0. The number of piperidine rings is 1. The standard InChI is InChI=1S/C11H14N4O/c16-9-1-2-10-13-11(14-15(10)7-9)8-3-5-12-6-4-8/h1-2,7-8,12,16H,3-6H2. The van der Waals surface area contributed by atoms with Crippen LogP contribution in [0.5, 0.6) is 5.75 Å². The second kappa shape index (κ2) is 3.75. The molecule has 16 heavy (non-hydrogen) atoms. The fraction of sp³-hybridized carbons (Fsp3) is 0.455. The number of aromatic nitrogens is 3. The van der Waals surface area contributed by atoms with Gasteiger partial charge in [-0.1, -0.05) is 0 Å². The second-order valence-electron chi connectivity index (χ2n) is 4.18. The Labute approximate surface area is 93.1 Å². The lowest BCUT2D eigenvalue weighted by Crippen LogP contribution is -2.27. The smallest absolute Gasteiger partial charge is 0.155 e. The van der Waals surface area contributed by atoms with E-state index in [9.17, 15) is 5.11 Å². The molecule has 0 aromatic carbocycles. The fourth-order valence-electron chi connectivity index (χ4n) is 2.14. The number of aromatic hydroxyl groups is 1. The van der Waals surface area contributed by atoms with E-state index >= 15 is 0 Å². The molecule has 2 aromatic rings. The van der Waals surface area contributed by atoms with Gasteiger partial charge in [-0.15, -0.1) is 0 Å². The van der Waals surface area contributed by atoms with Crippen molar-refractivity contribution in [2.24, 2.45) is 0 Å². The number of rotatable bonds is 1. The van der Waals surface area contributed by atoms with Crippen molar-refractivity contribution in [1.82, 2.24) is 19.9 Å². The number of pyridine rings is 1. The lowest BCUT2D eigenvalue weighted by molar-refractivity contribution is 0.444. The number of nitrogens with one attached hydrogen (secondary N) is 1. The predicted octanol–water partition coefficient (Wildman–Crippen LogP) is 0.902. The van der Waals surface area contributed by atoms with Gasteiger partial charge in [0, 0.05) is 5.92 Å². The van der Waals surface area contributed by atoms with Crippen LogP contribution in [0.25, 0.3) is 5.65 Å². The van der Waals surface area contributed by atoms with Crippen molar-refractivity contribution in [1.29, 1.82) is 0 Å². The van der Waals surface area contributed by atoms with Gasteiger partial charge < -0.3 is 10.4 Å². The third-order valence-corrected chi connectivity index (χ3v) is 3.04. The van der Waals surface area contributed by atoms with Crippen molar-refractivity contribution in [2.75, 3.05) is 13.1 Å². The van der Waals surface area contributed by atoms with E-state index in [1.54, 1.807) is 22.8 Å². The van der Waals surface area contributed by atoms with Crippen LogP contribution >= 0.6 is 0 Å². The molecule has 5 nitrogen and oxygen atoms in total. The molecule has 0 saturated carbocycles. The Bertz CT molecular complexity index is 502. The molecule has 0 radical (unpaired) electrons. The van der Waals surface area contributed by atoms with Gasteiger partial charge in [0.05, 0.1) is 6.20 Å². The Balaban J connectivity index is 1.97. The van der Waals surface area contributed by atoms with Gasteiger partial charge in [-0.2, -0.15) is 5.10 Å². The van der Waals surface area contributed by atoms with Gasteiger partial charge in [-0.3, -0.25) is 0 Å². The van der Waals surface area contributed by atoms with E-state index < -0.39 is 0 Å². The molecule has 3 heterocycles. The molecular weight excluding hydrogens is 204 g/mol. The number of hydrogen-bond acceptors (Lipinski definition) is 4. The van der Waals surface area contributed by atoms with Crippen LogP contribution in [0.4, 0.5) is 0 Å². The summed E-state index contributed by atoms with van der Waals surface area (Å²) in [6.07, 6.45) is 3.76. The Morgan fingerprint density at radius 2 is 2.12 bits per heavy atom. The quantitative estimate of drug-likeness (QED) is 0.746. The maximum Gasteiger partial charge on any atom is 0.155 e. The van der Waals surface area contributed by atoms with E-state index in [0.717, 1.165) is 37.4 Å². The van der Waals surface area contributed by atoms with E-state index in [4.69, 9.17) is 0 Å². The normalized spacial score (nSPS) is 18.0. The molecule has 1 aliphatic rings. The van der Waals surface area contributed by atoms with E-state index in [-0.39, 0.29) is 5.75 Å². The summed E-state index contributed by atoms with van der Waals surface area (Å²) < 4.78 is 1.65. The van der Waals surface area contributed by atoms with Gasteiger partial charge in [0.2, 0.25) is 0 Å². The van der Waals surface area contributed by atoms with Crippen LogP contribution in [-0.2, 0) is 0 Å². The minimum absolute atomic E-state index is 0.217. The van der Waals surface area contributed by atoms with Crippen LogP contribution in [0.2, 0.25) is 0 Å². The monoisotopic (exact) mass is 218 g/mol. The summed E-state index contributed by atoms with van der Waals surface area (Å²) in [5, 5.41) is 17.1. The van der Waals surface area contributed by atoms with Crippen molar-refractivity contribution >= 4 is 5.65 Å². The van der Waals surface area contributed by atoms with Crippen LogP contribution < -0.4 is 5.32 Å². The van der Waals surface area contributed by atoms with Crippen LogP contribution in [0, 0.1) is 0 Å². The van der Waals surface area contributed by atoms with Crippen LogP contribution in [0.15, 0.2) is 18.3 Å². The molecule has 5 heteroatoms. The lowest BCUT2D eigenvalue weighted by atomic mass is 9.98. The van der Waals surface area contributed by atoms with E-state index in [0.29, 0.717) is 5.92 Å². The Morgan fingerprint density at radius 3 is 2.94 bits per heavy atom. The molecule has 0 bridgehead atoms. The minimum Gasteiger partial charge on any atom is -0.506 e. The molecule has 0 aliphatic carbocycles. The zero-order valence-electron chi connectivity index (χ0n) is 8.93. The molecule has 3 rings (SSSR count). The fourth-order valence-corrected chi connectivity index (χ4v) is 2.14. The highest BCUT2D eigenvalue weighted by Crippen LogP contribution is 2.23. The van der Waals surface area contributed by atoms with Crippen molar-refractivity contribution in [2.45, 2.75) is 18.8 Å². The van der Waals surface area contributed by atoms with Gasteiger partial charge in [0.25, 0.3) is 0 Å². The molecule has 84 valence electrons. The molecule has 0 atom stereocenters. The summed E-state index contributed by atoms with van der Waals surface area (Å²) in [6.45, 7) is 2.07. The second-order valence-corrected chi connectivity index (χ2v) is 4.18. The summed E-state index contributed by atoms with van der Waals surface area (Å²) in [5.41, 5.74) is 0.798. The highest BCUT2D eigenvalue weighted by molar-refractivity contribution is 5.40. The molecule has 1 fully saturated rings. The summed E-state index contributed by atoms with van der Waals surface area (Å²) in [5.74, 6) is 1.56. The van der Waals surface area contributed by atoms with Gasteiger partial charge in [-0.05, 0) is 38.1 Å². The zero-order chi connectivity index (χ0) is 11.0. The molecular formula is C11H14N4O. The van der Waals surface area contributed by atoms with Crippen LogP contribution in [-0.4, -0.2) is 32.8 Å². The Kier molecular flexibility index (Phi) is 2.25. The number of nitrogens with zero attached hydrogens (tertiary/aromatic N) is 3. The highest BCUT2D eigenvalue weighted by atomic mass is 16.3. The Morgan fingerprint density at radius 1 is 1.31 bits per heavy atom. The molecule has 2 aromatic heterocycles. The molecule has 0 amide bonds. The first-order valence-electron chi connectivity index (χ1n) is 5.59. The molecule has 2 N–H and O–H groups in total. The lowest BCUT2D eigenvalue weighted by Gasteiger charge is -2.19. The van der Waals surface area contributed by atoms with Crippen LogP contribution in [0.3, 0.4) is 0 Å². The van der Waals surface area contributed by atoms with Crippen molar-refractivity contribution < 1.29 is 5.11 Å². The van der Waals surface area contributed by atoms with Crippen molar-refractivity contribution in [3.05, 3.63) is 24.2 Å².